The van der Waals surface area contributed by atoms with Gasteiger partial charge in [-0.3, -0.25) is 4.79 Å². The smallest absolute Gasteiger partial charge is 0.227 e. The predicted molar refractivity (Wildman–Crippen MR) is 78.6 cm³/mol. The van der Waals surface area contributed by atoms with Crippen LogP contribution in [0.2, 0.25) is 0 Å². The monoisotopic (exact) mass is 269 g/mol. The van der Waals surface area contributed by atoms with Crippen LogP contribution in [-0.4, -0.2) is 15.5 Å². The molecular formula is C16H19N3O. The van der Waals surface area contributed by atoms with Crippen molar-refractivity contribution in [2.24, 2.45) is 0 Å². The second kappa shape index (κ2) is 5.12. The number of fused-ring (bicyclic) bond motifs is 1. The van der Waals surface area contributed by atoms with Crippen molar-refractivity contribution in [2.45, 2.75) is 39.3 Å². The van der Waals surface area contributed by atoms with E-state index in [4.69, 9.17) is 0 Å². The summed E-state index contributed by atoms with van der Waals surface area (Å²) in [7, 11) is 0. The van der Waals surface area contributed by atoms with Gasteiger partial charge in [-0.25, -0.2) is 4.98 Å². The Balaban J connectivity index is 1.94. The molecule has 0 unspecified atom stereocenters. The van der Waals surface area contributed by atoms with E-state index in [0.717, 1.165) is 17.9 Å². The Morgan fingerprint density at radius 2 is 2.05 bits per heavy atom. The first-order valence-corrected chi connectivity index (χ1v) is 7.07. The Morgan fingerprint density at radius 1 is 1.25 bits per heavy atom. The van der Waals surface area contributed by atoms with Gasteiger partial charge < -0.3 is 9.47 Å². The van der Waals surface area contributed by atoms with E-state index in [1.165, 1.54) is 5.56 Å². The van der Waals surface area contributed by atoms with Gasteiger partial charge in [0.15, 0.2) is 0 Å². The zero-order valence-corrected chi connectivity index (χ0v) is 11.9. The minimum atomic E-state index is 0.182. The maximum atomic E-state index is 12.3. The summed E-state index contributed by atoms with van der Waals surface area (Å²) < 4.78 is 2.12. The third-order valence-electron chi connectivity index (χ3n) is 3.80. The van der Waals surface area contributed by atoms with Crippen LogP contribution >= 0.6 is 0 Å². The molecular weight excluding hydrogens is 250 g/mol. The Hall–Kier alpha value is -2.10. The SMILES string of the molecule is CC(C)n1ccnc1CN1C(=O)CCc2ccccc21. The fraction of sp³-hybridized carbons (Fsp3) is 0.375. The third-order valence-corrected chi connectivity index (χ3v) is 3.80. The lowest BCUT2D eigenvalue weighted by Gasteiger charge is -2.29. The van der Waals surface area contributed by atoms with Gasteiger partial charge in [0.05, 0.1) is 6.54 Å². The highest BCUT2D eigenvalue weighted by molar-refractivity contribution is 5.96. The first kappa shape index (κ1) is 12.9. The summed E-state index contributed by atoms with van der Waals surface area (Å²) in [4.78, 5) is 18.5. The summed E-state index contributed by atoms with van der Waals surface area (Å²) >= 11 is 0. The van der Waals surface area contributed by atoms with Crippen LogP contribution < -0.4 is 4.90 Å². The van der Waals surface area contributed by atoms with Crippen molar-refractivity contribution in [1.29, 1.82) is 0 Å². The number of benzene rings is 1. The summed E-state index contributed by atoms with van der Waals surface area (Å²) in [5.41, 5.74) is 2.27. The number of amides is 1. The fourth-order valence-corrected chi connectivity index (χ4v) is 2.75. The average Bonchev–Trinajstić information content (AvgIpc) is 2.90. The van der Waals surface area contributed by atoms with Gasteiger partial charge in [-0.2, -0.15) is 0 Å². The molecule has 20 heavy (non-hydrogen) atoms. The average molecular weight is 269 g/mol. The zero-order chi connectivity index (χ0) is 14.1. The first-order valence-electron chi connectivity index (χ1n) is 7.07. The molecule has 0 atom stereocenters. The largest absolute Gasteiger partial charge is 0.331 e. The highest BCUT2D eigenvalue weighted by Crippen LogP contribution is 2.28. The summed E-state index contributed by atoms with van der Waals surface area (Å²) in [5.74, 6) is 1.12. The number of rotatable bonds is 3. The molecule has 4 nitrogen and oxygen atoms in total. The number of imidazole rings is 1. The molecule has 1 aliphatic heterocycles. The lowest BCUT2D eigenvalue weighted by Crippen LogP contribution is -2.35. The molecule has 104 valence electrons. The highest BCUT2D eigenvalue weighted by Gasteiger charge is 2.25. The zero-order valence-electron chi connectivity index (χ0n) is 11.9. The lowest BCUT2D eigenvalue weighted by atomic mass is 10.0. The topological polar surface area (TPSA) is 38.1 Å². The van der Waals surface area contributed by atoms with Gasteiger partial charge in [0.2, 0.25) is 5.91 Å². The van der Waals surface area contributed by atoms with Crippen LogP contribution in [0.25, 0.3) is 0 Å². The second-order valence-electron chi connectivity index (χ2n) is 5.45. The van der Waals surface area contributed by atoms with Crippen LogP contribution in [0, 0.1) is 0 Å². The van der Waals surface area contributed by atoms with Crippen molar-refractivity contribution in [2.75, 3.05) is 4.90 Å². The number of aromatic nitrogens is 2. The molecule has 2 heterocycles. The van der Waals surface area contributed by atoms with Crippen molar-refractivity contribution in [3.8, 4) is 0 Å². The van der Waals surface area contributed by atoms with E-state index >= 15 is 0 Å². The van der Waals surface area contributed by atoms with E-state index in [1.54, 1.807) is 6.20 Å². The summed E-state index contributed by atoms with van der Waals surface area (Å²) in [6.07, 6.45) is 5.19. The maximum Gasteiger partial charge on any atom is 0.227 e. The van der Waals surface area contributed by atoms with E-state index in [0.29, 0.717) is 19.0 Å². The molecule has 0 saturated carbocycles. The Morgan fingerprint density at radius 3 is 2.85 bits per heavy atom. The molecule has 0 fully saturated rings. The minimum Gasteiger partial charge on any atom is -0.331 e. The number of para-hydroxylation sites is 1. The molecule has 0 saturated heterocycles. The molecule has 0 aliphatic carbocycles. The fourth-order valence-electron chi connectivity index (χ4n) is 2.75. The number of nitrogens with zero attached hydrogens (tertiary/aromatic N) is 3. The Bertz CT molecular complexity index is 630. The predicted octanol–water partition coefficient (Wildman–Crippen LogP) is 2.94. The van der Waals surface area contributed by atoms with Gasteiger partial charge in [0.1, 0.15) is 5.82 Å². The maximum absolute atomic E-state index is 12.3. The molecule has 3 rings (SSSR count). The normalized spacial score (nSPS) is 14.8. The van der Waals surface area contributed by atoms with Crippen LogP contribution in [0.5, 0.6) is 0 Å². The first-order chi connectivity index (χ1) is 9.66. The van der Waals surface area contributed by atoms with E-state index in [9.17, 15) is 4.79 Å². The number of anilines is 1. The minimum absolute atomic E-state index is 0.182. The van der Waals surface area contributed by atoms with Gasteiger partial charge >= 0.3 is 0 Å². The molecule has 4 heteroatoms. The number of carbonyl (C=O) groups excluding carboxylic acids is 1. The van der Waals surface area contributed by atoms with Gasteiger partial charge in [0, 0.05) is 30.5 Å². The van der Waals surface area contributed by atoms with Gasteiger partial charge in [-0.05, 0) is 31.9 Å². The van der Waals surface area contributed by atoms with E-state index in [2.05, 4.69) is 29.5 Å². The molecule has 2 aromatic rings. The van der Waals surface area contributed by atoms with E-state index in [-0.39, 0.29) is 5.91 Å². The van der Waals surface area contributed by atoms with Crippen LogP contribution in [0.3, 0.4) is 0 Å². The molecule has 0 radical (unpaired) electrons. The number of carbonyl (C=O) groups is 1. The van der Waals surface area contributed by atoms with Crippen LogP contribution in [-0.2, 0) is 17.8 Å². The molecule has 0 spiro atoms. The van der Waals surface area contributed by atoms with Gasteiger partial charge in [-0.15, -0.1) is 0 Å². The summed E-state index contributed by atoms with van der Waals surface area (Å²) in [6.45, 7) is 4.79. The Labute approximate surface area is 119 Å². The molecule has 1 aromatic heterocycles. The van der Waals surface area contributed by atoms with Gasteiger partial charge in [0.25, 0.3) is 0 Å². The molecule has 1 aromatic carbocycles. The molecule has 0 N–H and O–H groups in total. The van der Waals surface area contributed by atoms with E-state index in [1.807, 2.05) is 29.3 Å². The standard InChI is InChI=1S/C16H19N3O/c1-12(2)18-10-9-17-15(18)11-19-14-6-4-3-5-13(14)7-8-16(19)20/h3-6,9-10,12H,7-8,11H2,1-2H3. The van der Waals surface area contributed by atoms with Crippen molar-refractivity contribution in [1.82, 2.24) is 9.55 Å². The summed E-state index contributed by atoms with van der Waals surface area (Å²) in [6, 6.07) is 8.49. The van der Waals surface area contributed by atoms with Crippen molar-refractivity contribution in [3.05, 3.63) is 48.0 Å². The quantitative estimate of drug-likeness (QED) is 0.859. The number of hydrogen-bond acceptors (Lipinski definition) is 2. The van der Waals surface area contributed by atoms with Crippen molar-refractivity contribution >= 4 is 11.6 Å². The molecule has 1 aliphatic rings. The molecule has 1 amide bonds. The van der Waals surface area contributed by atoms with Crippen LogP contribution in [0.4, 0.5) is 5.69 Å². The van der Waals surface area contributed by atoms with Crippen molar-refractivity contribution < 1.29 is 4.79 Å². The van der Waals surface area contributed by atoms with Crippen LogP contribution in [0.15, 0.2) is 36.7 Å². The van der Waals surface area contributed by atoms with Crippen molar-refractivity contribution in [3.63, 3.8) is 0 Å². The second-order valence-corrected chi connectivity index (χ2v) is 5.45. The number of aryl methyl sites for hydroxylation is 1. The van der Waals surface area contributed by atoms with Gasteiger partial charge in [-0.1, -0.05) is 18.2 Å². The number of hydrogen-bond donors (Lipinski definition) is 0. The summed E-state index contributed by atoms with van der Waals surface area (Å²) in [5, 5.41) is 0. The molecule has 0 bridgehead atoms. The van der Waals surface area contributed by atoms with Crippen LogP contribution in [0.1, 0.15) is 37.7 Å². The highest BCUT2D eigenvalue weighted by atomic mass is 16.2. The Kier molecular flexibility index (Phi) is 3.30. The van der Waals surface area contributed by atoms with E-state index < -0.39 is 0 Å². The lowest BCUT2D eigenvalue weighted by molar-refractivity contribution is -0.119. The third kappa shape index (κ3) is 2.22.